The van der Waals surface area contributed by atoms with Crippen LogP contribution in [0.2, 0.25) is 0 Å². The van der Waals surface area contributed by atoms with Crippen LogP contribution in [0.25, 0.3) is 0 Å². The van der Waals surface area contributed by atoms with Crippen molar-refractivity contribution in [2.75, 3.05) is 23.4 Å². The summed E-state index contributed by atoms with van der Waals surface area (Å²) in [5, 5.41) is 2.67. The molecule has 0 spiro atoms. The van der Waals surface area contributed by atoms with E-state index in [9.17, 15) is 22.8 Å². The summed E-state index contributed by atoms with van der Waals surface area (Å²) in [6, 6.07) is 12.3. The molecular weight excluding hydrogens is 361 g/mol. The molecule has 2 aromatic carbocycles. The summed E-state index contributed by atoms with van der Waals surface area (Å²) in [6.45, 7) is -0.746. The molecule has 0 unspecified atom stereocenters. The minimum Gasteiger partial charge on any atom is -0.484 e. The Bertz CT molecular complexity index is 835. The maximum atomic E-state index is 12.4. The Kier molecular flexibility index (Phi) is 5.34. The summed E-state index contributed by atoms with van der Waals surface area (Å²) < 4.78 is 41.1. The number of carbonyl (C=O) groups is 2. The lowest BCUT2D eigenvalue weighted by Crippen LogP contribution is -2.24. The number of hydrogen-bond acceptors (Lipinski definition) is 3. The second kappa shape index (κ2) is 7.69. The monoisotopic (exact) mass is 378 g/mol. The first-order chi connectivity index (χ1) is 12.8. The van der Waals surface area contributed by atoms with Crippen LogP contribution in [0.15, 0.2) is 48.5 Å². The van der Waals surface area contributed by atoms with Crippen molar-refractivity contribution in [3.63, 3.8) is 0 Å². The number of nitrogens with zero attached hydrogens (tertiary/aromatic N) is 1. The number of halogens is 3. The van der Waals surface area contributed by atoms with Crippen LogP contribution in [0, 0.1) is 0 Å². The third-order valence-electron chi connectivity index (χ3n) is 4.01. The smallest absolute Gasteiger partial charge is 0.422 e. The van der Waals surface area contributed by atoms with Crippen molar-refractivity contribution in [1.82, 2.24) is 0 Å². The van der Waals surface area contributed by atoms with Crippen LogP contribution in [0.5, 0.6) is 5.75 Å². The summed E-state index contributed by atoms with van der Waals surface area (Å²) in [5.74, 6) is -0.297. The zero-order valence-electron chi connectivity index (χ0n) is 14.3. The lowest BCUT2D eigenvalue weighted by Gasteiger charge is -2.16. The maximum Gasteiger partial charge on any atom is 0.422 e. The number of carbonyl (C=O) groups excluding carboxylic acids is 2. The zero-order valence-corrected chi connectivity index (χ0v) is 14.3. The molecule has 1 aliphatic heterocycles. The van der Waals surface area contributed by atoms with Crippen molar-refractivity contribution in [2.45, 2.75) is 19.0 Å². The molecule has 1 saturated heterocycles. The molecule has 8 heteroatoms. The molecule has 0 aliphatic carbocycles. The molecule has 27 heavy (non-hydrogen) atoms. The number of anilines is 2. The highest BCUT2D eigenvalue weighted by atomic mass is 19.4. The second-order valence-corrected chi connectivity index (χ2v) is 6.08. The fourth-order valence-electron chi connectivity index (χ4n) is 2.74. The van der Waals surface area contributed by atoms with Crippen LogP contribution < -0.4 is 15.0 Å². The van der Waals surface area contributed by atoms with Gasteiger partial charge in [-0.15, -0.1) is 0 Å². The van der Waals surface area contributed by atoms with E-state index in [1.54, 1.807) is 29.2 Å². The van der Waals surface area contributed by atoms with Crippen molar-refractivity contribution >= 4 is 23.2 Å². The Morgan fingerprint density at radius 2 is 1.89 bits per heavy atom. The number of ether oxygens (including phenoxy) is 1. The van der Waals surface area contributed by atoms with Crippen molar-refractivity contribution in [3.05, 3.63) is 54.1 Å². The molecule has 2 amide bonds. The standard InChI is InChI=1S/C19H17F3N2O3/c20-19(21,22)12-27-16-8-6-14(7-9-16)23-18(26)13-3-1-4-15(11-13)24-10-2-5-17(24)25/h1,3-4,6-9,11H,2,5,10,12H2,(H,23,26). The Balaban J connectivity index is 1.64. The first-order valence-corrected chi connectivity index (χ1v) is 8.33. The van der Waals surface area contributed by atoms with Gasteiger partial charge in [0.15, 0.2) is 6.61 Å². The van der Waals surface area contributed by atoms with Gasteiger partial charge in [-0.05, 0) is 48.9 Å². The van der Waals surface area contributed by atoms with Gasteiger partial charge in [0.1, 0.15) is 5.75 Å². The number of benzene rings is 2. The Morgan fingerprint density at radius 3 is 2.52 bits per heavy atom. The molecule has 142 valence electrons. The summed E-state index contributed by atoms with van der Waals surface area (Å²) in [5.41, 5.74) is 1.47. The Morgan fingerprint density at radius 1 is 1.15 bits per heavy atom. The molecule has 0 radical (unpaired) electrons. The lowest BCUT2D eigenvalue weighted by molar-refractivity contribution is -0.153. The number of alkyl halides is 3. The zero-order chi connectivity index (χ0) is 19.4. The third-order valence-corrected chi connectivity index (χ3v) is 4.01. The Labute approximate surface area is 153 Å². The first-order valence-electron chi connectivity index (χ1n) is 8.33. The van der Waals surface area contributed by atoms with Crippen molar-refractivity contribution in [3.8, 4) is 5.75 Å². The summed E-state index contributed by atoms with van der Waals surface area (Å²) in [7, 11) is 0. The molecule has 1 N–H and O–H groups in total. The lowest BCUT2D eigenvalue weighted by atomic mass is 10.1. The van der Waals surface area contributed by atoms with Crippen molar-refractivity contribution < 1.29 is 27.5 Å². The van der Waals surface area contributed by atoms with Gasteiger partial charge in [0.25, 0.3) is 5.91 Å². The molecule has 0 aromatic heterocycles. The average molecular weight is 378 g/mol. The van der Waals surface area contributed by atoms with Gasteiger partial charge >= 0.3 is 6.18 Å². The largest absolute Gasteiger partial charge is 0.484 e. The van der Waals surface area contributed by atoms with Gasteiger partial charge < -0.3 is 15.0 Å². The topological polar surface area (TPSA) is 58.6 Å². The van der Waals surface area contributed by atoms with Crippen LogP contribution in [-0.4, -0.2) is 31.1 Å². The number of amides is 2. The first kappa shape index (κ1) is 18.8. The molecule has 1 fully saturated rings. The normalized spacial score (nSPS) is 14.3. The van der Waals surface area contributed by atoms with Gasteiger partial charge in [-0.1, -0.05) is 6.07 Å². The van der Waals surface area contributed by atoms with Crippen LogP contribution in [0.1, 0.15) is 23.2 Å². The van der Waals surface area contributed by atoms with Crippen molar-refractivity contribution in [2.24, 2.45) is 0 Å². The highest BCUT2D eigenvalue weighted by Gasteiger charge is 2.28. The molecule has 5 nitrogen and oxygen atoms in total. The minimum atomic E-state index is -4.41. The van der Waals surface area contributed by atoms with E-state index in [-0.39, 0.29) is 17.6 Å². The van der Waals surface area contributed by atoms with E-state index < -0.39 is 12.8 Å². The quantitative estimate of drug-likeness (QED) is 0.855. The number of nitrogens with one attached hydrogen (secondary N) is 1. The van der Waals surface area contributed by atoms with Crippen LogP contribution in [0.3, 0.4) is 0 Å². The van der Waals surface area contributed by atoms with E-state index in [1.165, 1.54) is 24.3 Å². The maximum absolute atomic E-state index is 12.4. The SMILES string of the molecule is O=C(Nc1ccc(OCC(F)(F)F)cc1)c1cccc(N2CCCC2=O)c1. The Hall–Kier alpha value is -3.03. The predicted octanol–water partition coefficient (Wildman–Crippen LogP) is 4.01. The molecule has 0 atom stereocenters. The highest BCUT2D eigenvalue weighted by Crippen LogP contribution is 2.24. The van der Waals surface area contributed by atoms with Crippen LogP contribution >= 0.6 is 0 Å². The van der Waals surface area contributed by atoms with E-state index in [2.05, 4.69) is 10.1 Å². The fourth-order valence-corrected chi connectivity index (χ4v) is 2.74. The van der Waals surface area contributed by atoms with E-state index >= 15 is 0 Å². The molecule has 1 heterocycles. The molecule has 1 aliphatic rings. The van der Waals surface area contributed by atoms with E-state index in [1.807, 2.05) is 0 Å². The average Bonchev–Trinajstić information content (AvgIpc) is 3.06. The summed E-state index contributed by atoms with van der Waals surface area (Å²) in [6.07, 6.45) is -3.12. The predicted molar refractivity (Wildman–Crippen MR) is 94.0 cm³/mol. The van der Waals surface area contributed by atoms with Gasteiger partial charge in [-0.25, -0.2) is 0 Å². The molecule has 3 rings (SSSR count). The van der Waals surface area contributed by atoms with E-state index in [0.29, 0.717) is 29.9 Å². The van der Waals surface area contributed by atoms with E-state index in [4.69, 9.17) is 0 Å². The second-order valence-electron chi connectivity index (χ2n) is 6.08. The van der Waals surface area contributed by atoms with Crippen LogP contribution in [-0.2, 0) is 4.79 Å². The summed E-state index contributed by atoms with van der Waals surface area (Å²) >= 11 is 0. The van der Waals surface area contributed by atoms with Gasteiger partial charge in [0.2, 0.25) is 5.91 Å². The molecule has 2 aromatic rings. The molecule has 0 saturated carbocycles. The van der Waals surface area contributed by atoms with Gasteiger partial charge in [-0.3, -0.25) is 9.59 Å². The van der Waals surface area contributed by atoms with Crippen molar-refractivity contribution in [1.29, 1.82) is 0 Å². The minimum absolute atomic E-state index is 0.0296. The highest BCUT2D eigenvalue weighted by molar-refractivity contribution is 6.05. The van der Waals surface area contributed by atoms with Gasteiger partial charge in [0, 0.05) is 29.9 Å². The van der Waals surface area contributed by atoms with E-state index in [0.717, 1.165) is 6.42 Å². The third kappa shape index (κ3) is 4.99. The number of rotatable bonds is 5. The number of hydrogen-bond donors (Lipinski definition) is 1. The fraction of sp³-hybridized carbons (Fsp3) is 0.263. The summed E-state index contributed by atoms with van der Waals surface area (Å²) in [4.78, 5) is 25.9. The van der Waals surface area contributed by atoms with Gasteiger partial charge in [0.05, 0.1) is 0 Å². The molecular formula is C19H17F3N2O3. The van der Waals surface area contributed by atoms with Gasteiger partial charge in [-0.2, -0.15) is 13.2 Å². The van der Waals surface area contributed by atoms with Crippen LogP contribution in [0.4, 0.5) is 24.5 Å². The molecule has 0 bridgehead atoms.